The highest BCUT2D eigenvalue weighted by atomic mass is 33.1. The van der Waals surface area contributed by atoms with Gasteiger partial charge in [-0.15, -0.1) is 0 Å². The van der Waals surface area contributed by atoms with Crippen LogP contribution >= 0.6 is 43.2 Å². The van der Waals surface area contributed by atoms with Crippen molar-refractivity contribution in [3.05, 3.63) is 46.5 Å². The number of rotatable bonds is 17. The van der Waals surface area contributed by atoms with Gasteiger partial charge in [0.15, 0.2) is 11.5 Å². The average Bonchev–Trinajstić information content (AvgIpc) is 3.74. The normalized spacial score (nSPS) is 17.8. The fourth-order valence-electron chi connectivity index (χ4n) is 5.00. The van der Waals surface area contributed by atoms with E-state index in [0.717, 1.165) is 61.2 Å². The molecule has 3 heterocycles. The molecular formula is C33H44N2O6S4. The molecule has 4 rings (SSSR count). The van der Waals surface area contributed by atoms with Gasteiger partial charge in [0.25, 0.3) is 0 Å². The number of aryl methyl sites for hydroxylation is 4. The van der Waals surface area contributed by atoms with E-state index in [-0.39, 0.29) is 42.4 Å². The number of unbranched alkanes of at least 4 members (excludes halogenated alkanes) is 2. The maximum atomic E-state index is 12.8. The molecule has 246 valence electrons. The molecule has 2 aliphatic rings. The van der Waals surface area contributed by atoms with E-state index in [1.165, 1.54) is 24.3 Å². The van der Waals surface area contributed by atoms with Crippen molar-refractivity contribution < 1.29 is 28.6 Å². The minimum atomic E-state index is -0.364. The Kier molecular flexibility index (Phi) is 15.2. The highest BCUT2D eigenvalue weighted by Crippen LogP contribution is 2.40. The lowest BCUT2D eigenvalue weighted by atomic mass is 10.1. The molecule has 0 spiro atoms. The first-order valence-electron chi connectivity index (χ1n) is 15.8. The van der Waals surface area contributed by atoms with Crippen LogP contribution in [0.4, 0.5) is 0 Å². The second-order valence-electron chi connectivity index (χ2n) is 11.5. The molecule has 2 aliphatic heterocycles. The van der Waals surface area contributed by atoms with Gasteiger partial charge in [-0.25, -0.2) is 0 Å². The first-order chi connectivity index (χ1) is 21.8. The molecule has 0 bridgehead atoms. The summed E-state index contributed by atoms with van der Waals surface area (Å²) >= 11 is 0. The van der Waals surface area contributed by atoms with Crippen molar-refractivity contribution in [2.75, 3.05) is 11.5 Å². The molecule has 0 amide bonds. The smallest absolute Gasteiger partial charge is 0.311 e. The Balaban J connectivity index is 1.29. The molecule has 2 unspecified atom stereocenters. The standard InChI is InChI=1S/C33H44N2O6S4/c1-22-23(2)35-28(24(3)34-22)21-39-31(36)15-13-25-12-14-29(40-32(37)10-6-4-8-26-16-18-42-44-26)30(20-25)41-33(38)11-7-5-9-27-17-19-43-45-27/h12,14,20,26-27H,4-11,13,15-19,21H2,1-3H3. The van der Waals surface area contributed by atoms with Crippen LogP contribution in [-0.2, 0) is 32.1 Å². The van der Waals surface area contributed by atoms with Crippen molar-refractivity contribution in [1.82, 2.24) is 9.97 Å². The second-order valence-corrected chi connectivity index (χ2v) is 17.0. The molecule has 2 atom stereocenters. The molecule has 1 aromatic heterocycles. The molecule has 0 N–H and O–H groups in total. The van der Waals surface area contributed by atoms with Crippen LogP contribution in [0.25, 0.3) is 0 Å². The molecule has 8 nitrogen and oxygen atoms in total. The molecule has 0 saturated carbocycles. The maximum absolute atomic E-state index is 12.8. The number of carbonyl (C=O) groups excluding carboxylic acids is 3. The third-order valence-corrected chi connectivity index (χ3v) is 13.8. The molecular weight excluding hydrogens is 649 g/mol. The van der Waals surface area contributed by atoms with Gasteiger partial charge in [0.2, 0.25) is 0 Å². The van der Waals surface area contributed by atoms with E-state index < -0.39 is 0 Å². The van der Waals surface area contributed by atoms with Crippen molar-refractivity contribution in [2.45, 2.75) is 115 Å². The quantitative estimate of drug-likeness (QED) is 0.0689. The summed E-state index contributed by atoms with van der Waals surface area (Å²) < 4.78 is 16.9. The summed E-state index contributed by atoms with van der Waals surface area (Å²) in [5.41, 5.74) is 3.83. The number of esters is 3. The van der Waals surface area contributed by atoms with Crippen LogP contribution in [0.5, 0.6) is 11.5 Å². The zero-order chi connectivity index (χ0) is 32.0. The third-order valence-electron chi connectivity index (χ3n) is 7.79. The highest BCUT2D eigenvalue weighted by Gasteiger charge is 2.19. The molecule has 12 heteroatoms. The van der Waals surface area contributed by atoms with Crippen LogP contribution in [-0.4, -0.2) is 49.9 Å². The predicted molar refractivity (Wildman–Crippen MR) is 186 cm³/mol. The lowest BCUT2D eigenvalue weighted by Crippen LogP contribution is -2.13. The Morgan fingerprint density at radius 1 is 0.733 bits per heavy atom. The number of benzene rings is 1. The zero-order valence-electron chi connectivity index (χ0n) is 26.5. The van der Waals surface area contributed by atoms with Gasteiger partial charge in [0.1, 0.15) is 6.61 Å². The van der Waals surface area contributed by atoms with Gasteiger partial charge in [-0.2, -0.15) is 0 Å². The van der Waals surface area contributed by atoms with Gasteiger partial charge < -0.3 is 14.2 Å². The van der Waals surface area contributed by atoms with Gasteiger partial charge in [-0.05, 0) is 83.4 Å². The molecule has 2 aromatic rings. The summed E-state index contributed by atoms with van der Waals surface area (Å²) in [7, 11) is 7.75. The predicted octanol–water partition coefficient (Wildman–Crippen LogP) is 8.32. The maximum Gasteiger partial charge on any atom is 0.311 e. The van der Waals surface area contributed by atoms with E-state index in [4.69, 9.17) is 14.2 Å². The molecule has 0 radical (unpaired) electrons. The van der Waals surface area contributed by atoms with Crippen molar-refractivity contribution >= 4 is 61.1 Å². The summed E-state index contributed by atoms with van der Waals surface area (Å²) in [5, 5.41) is 1.36. The van der Waals surface area contributed by atoms with Crippen molar-refractivity contribution in [1.29, 1.82) is 0 Å². The van der Waals surface area contributed by atoms with Crippen LogP contribution in [0.3, 0.4) is 0 Å². The number of ether oxygens (including phenoxy) is 3. The number of carbonyl (C=O) groups is 3. The first-order valence-corrected chi connectivity index (χ1v) is 20.6. The highest BCUT2D eigenvalue weighted by molar-refractivity contribution is 8.77. The summed E-state index contributed by atoms with van der Waals surface area (Å²) in [4.78, 5) is 47.0. The van der Waals surface area contributed by atoms with Crippen LogP contribution in [0.15, 0.2) is 18.2 Å². The van der Waals surface area contributed by atoms with Crippen molar-refractivity contribution in [3.8, 4) is 11.5 Å². The van der Waals surface area contributed by atoms with E-state index in [2.05, 4.69) is 9.97 Å². The van der Waals surface area contributed by atoms with Crippen LogP contribution in [0.2, 0.25) is 0 Å². The number of hydrogen-bond acceptors (Lipinski definition) is 12. The third kappa shape index (κ3) is 12.7. The minimum absolute atomic E-state index is 0.0628. The van der Waals surface area contributed by atoms with Gasteiger partial charge in [0, 0.05) is 41.3 Å². The molecule has 2 saturated heterocycles. The summed E-state index contributed by atoms with van der Waals surface area (Å²) in [6.45, 7) is 5.69. The number of nitrogens with zero attached hydrogens (tertiary/aromatic N) is 2. The molecule has 2 fully saturated rings. The van der Waals surface area contributed by atoms with Crippen LogP contribution < -0.4 is 9.47 Å². The molecule has 0 aliphatic carbocycles. The lowest BCUT2D eigenvalue weighted by molar-refractivity contribution is -0.145. The Bertz CT molecular complexity index is 1300. The fourth-order valence-corrected chi connectivity index (χ4v) is 11.1. The Hall–Kier alpha value is -1.89. The van der Waals surface area contributed by atoms with Gasteiger partial charge in [-0.3, -0.25) is 24.4 Å². The second kappa shape index (κ2) is 19.1. The van der Waals surface area contributed by atoms with Crippen LogP contribution in [0.1, 0.15) is 99.0 Å². The minimum Gasteiger partial charge on any atom is -0.459 e. The van der Waals surface area contributed by atoms with E-state index in [1.807, 2.05) is 63.9 Å². The summed E-state index contributed by atoms with van der Waals surface area (Å²) in [6, 6.07) is 5.13. The van der Waals surface area contributed by atoms with E-state index in [0.29, 0.717) is 35.5 Å². The molecule has 45 heavy (non-hydrogen) atoms. The topological polar surface area (TPSA) is 105 Å². The number of aromatic nitrogens is 2. The summed E-state index contributed by atoms with van der Waals surface area (Å²) in [5.74, 6) is 1.79. The van der Waals surface area contributed by atoms with E-state index in [1.54, 1.807) is 18.2 Å². The monoisotopic (exact) mass is 692 g/mol. The van der Waals surface area contributed by atoms with E-state index >= 15 is 0 Å². The molecule has 1 aromatic carbocycles. The Morgan fingerprint density at radius 3 is 1.93 bits per heavy atom. The van der Waals surface area contributed by atoms with Crippen LogP contribution in [0, 0.1) is 20.8 Å². The van der Waals surface area contributed by atoms with E-state index in [9.17, 15) is 14.4 Å². The Labute approximate surface area is 282 Å². The first kappa shape index (κ1) is 36.0. The van der Waals surface area contributed by atoms with Crippen molar-refractivity contribution in [2.24, 2.45) is 0 Å². The zero-order valence-corrected chi connectivity index (χ0v) is 29.7. The number of hydrogen-bond donors (Lipinski definition) is 0. The van der Waals surface area contributed by atoms with Crippen molar-refractivity contribution in [3.63, 3.8) is 0 Å². The largest absolute Gasteiger partial charge is 0.459 e. The summed E-state index contributed by atoms with van der Waals surface area (Å²) in [6.07, 6.45) is 9.28. The van der Waals surface area contributed by atoms with Gasteiger partial charge in [0.05, 0.1) is 22.8 Å². The Morgan fingerprint density at radius 2 is 1.33 bits per heavy atom. The fraction of sp³-hybridized carbons (Fsp3) is 0.606. The van der Waals surface area contributed by atoms with Gasteiger partial charge in [-0.1, -0.05) is 62.1 Å². The van der Waals surface area contributed by atoms with Gasteiger partial charge >= 0.3 is 17.9 Å². The SMILES string of the molecule is Cc1nc(C)c(COC(=O)CCc2ccc(OC(=O)CCCCC3CCSS3)c(OC(=O)CCCCC3CCSS3)c2)nc1C. The average molecular weight is 693 g/mol. The lowest BCUT2D eigenvalue weighted by Gasteiger charge is -2.13.